The zero-order valence-corrected chi connectivity index (χ0v) is 14.0. The summed E-state index contributed by atoms with van der Waals surface area (Å²) >= 11 is 0. The van der Waals surface area contributed by atoms with Gasteiger partial charge in [0.05, 0.1) is 17.4 Å². The Labute approximate surface area is 147 Å². The van der Waals surface area contributed by atoms with E-state index < -0.39 is 0 Å². The number of rotatable bonds is 4. The van der Waals surface area contributed by atoms with Crippen LogP contribution in [0, 0.1) is 0 Å². The minimum Gasteiger partial charge on any atom is -0.343 e. The molecule has 122 valence electrons. The third-order valence-corrected chi connectivity index (χ3v) is 4.37. The molecular formula is C23H20N2. The van der Waals surface area contributed by atoms with Gasteiger partial charge in [-0.2, -0.15) is 0 Å². The van der Waals surface area contributed by atoms with Gasteiger partial charge in [-0.05, 0) is 23.3 Å². The molecule has 2 heteroatoms. The number of nitrogens with zero attached hydrogens (tertiary/aromatic N) is 2. The van der Waals surface area contributed by atoms with Gasteiger partial charge in [0.15, 0.2) is 0 Å². The molecule has 4 rings (SSSR count). The zero-order chi connectivity index (χ0) is 16.9. The SMILES string of the molecule is c1ccc(CN=c2ccn(Cc3ccccc3)c3ccccc23)cc1. The number of benzene rings is 3. The molecule has 2 nitrogen and oxygen atoms in total. The Morgan fingerprint density at radius 3 is 2.04 bits per heavy atom. The van der Waals surface area contributed by atoms with Crippen molar-refractivity contribution in [1.82, 2.24) is 4.57 Å². The van der Waals surface area contributed by atoms with Crippen molar-refractivity contribution in [2.45, 2.75) is 13.1 Å². The Morgan fingerprint density at radius 2 is 1.28 bits per heavy atom. The molecule has 0 bridgehead atoms. The van der Waals surface area contributed by atoms with Crippen molar-refractivity contribution >= 4 is 10.9 Å². The molecule has 0 aliphatic heterocycles. The lowest BCUT2D eigenvalue weighted by Crippen LogP contribution is -2.10. The minimum absolute atomic E-state index is 0.702. The Kier molecular flexibility index (Phi) is 4.42. The first kappa shape index (κ1) is 15.4. The van der Waals surface area contributed by atoms with E-state index in [0.29, 0.717) is 6.54 Å². The van der Waals surface area contributed by atoms with E-state index >= 15 is 0 Å². The van der Waals surface area contributed by atoms with Crippen LogP contribution in [-0.4, -0.2) is 4.57 Å². The first-order valence-electron chi connectivity index (χ1n) is 8.57. The molecule has 0 saturated heterocycles. The standard InChI is InChI=1S/C23H20N2/c1-3-9-19(10-4-1)17-24-22-15-16-25(18-20-11-5-2-6-12-20)23-14-8-7-13-21(22)23/h1-16H,17-18H2. The number of hydrogen-bond acceptors (Lipinski definition) is 1. The summed E-state index contributed by atoms with van der Waals surface area (Å²) < 4.78 is 2.28. The van der Waals surface area contributed by atoms with Gasteiger partial charge in [0.2, 0.25) is 0 Å². The molecule has 0 saturated carbocycles. The molecule has 0 fully saturated rings. The summed E-state index contributed by atoms with van der Waals surface area (Å²) in [6, 6.07) is 31.5. The van der Waals surface area contributed by atoms with Crippen LogP contribution in [0.1, 0.15) is 11.1 Å². The maximum Gasteiger partial charge on any atom is 0.0686 e. The van der Waals surface area contributed by atoms with E-state index in [9.17, 15) is 0 Å². The molecule has 1 heterocycles. The number of aromatic nitrogens is 1. The molecule has 0 aliphatic carbocycles. The van der Waals surface area contributed by atoms with E-state index in [1.165, 1.54) is 22.0 Å². The first-order valence-corrected chi connectivity index (χ1v) is 8.57. The monoisotopic (exact) mass is 324 g/mol. The summed E-state index contributed by atoms with van der Waals surface area (Å²) in [5.41, 5.74) is 3.74. The molecule has 0 atom stereocenters. The topological polar surface area (TPSA) is 17.3 Å². The highest BCUT2D eigenvalue weighted by atomic mass is 14.9. The third kappa shape index (κ3) is 3.53. The maximum atomic E-state index is 4.84. The second-order valence-corrected chi connectivity index (χ2v) is 6.13. The van der Waals surface area contributed by atoms with Crippen molar-refractivity contribution in [1.29, 1.82) is 0 Å². The van der Waals surface area contributed by atoms with E-state index in [4.69, 9.17) is 4.99 Å². The maximum absolute atomic E-state index is 4.84. The van der Waals surface area contributed by atoms with Crippen LogP contribution in [0.2, 0.25) is 0 Å². The smallest absolute Gasteiger partial charge is 0.0686 e. The van der Waals surface area contributed by atoms with E-state index in [1.807, 2.05) is 6.07 Å². The van der Waals surface area contributed by atoms with Crippen LogP contribution in [0.25, 0.3) is 10.9 Å². The molecule has 0 spiro atoms. The lowest BCUT2D eigenvalue weighted by Gasteiger charge is -2.11. The summed E-state index contributed by atoms with van der Waals surface area (Å²) in [6.07, 6.45) is 2.14. The highest BCUT2D eigenvalue weighted by Crippen LogP contribution is 2.12. The second-order valence-electron chi connectivity index (χ2n) is 6.13. The molecule has 25 heavy (non-hydrogen) atoms. The Bertz CT molecular complexity index is 1030. The predicted molar refractivity (Wildman–Crippen MR) is 103 cm³/mol. The largest absolute Gasteiger partial charge is 0.343 e. The normalized spacial score (nSPS) is 11.8. The molecular weight excluding hydrogens is 304 g/mol. The van der Waals surface area contributed by atoms with Crippen molar-refractivity contribution in [2.24, 2.45) is 4.99 Å². The van der Waals surface area contributed by atoms with Gasteiger partial charge in [0.1, 0.15) is 0 Å². The highest BCUT2D eigenvalue weighted by Gasteiger charge is 2.02. The highest BCUT2D eigenvalue weighted by molar-refractivity contribution is 5.78. The van der Waals surface area contributed by atoms with Crippen LogP contribution in [0.4, 0.5) is 0 Å². The molecule has 0 amide bonds. The summed E-state index contributed by atoms with van der Waals surface area (Å²) in [6.45, 7) is 1.56. The minimum atomic E-state index is 0.702. The van der Waals surface area contributed by atoms with Crippen LogP contribution in [0.5, 0.6) is 0 Å². The number of hydrogen-bond donors (Lipinski definition) is 0. The molecule has 0 aliphatic rings. The summed E-state index contributed by atoms with van der Waals surface area (Å²) in [7, 11) is 0. The Hall–Kier alpha value is -3.13. The summed E-state index contributed by atoms with van der Waals surface area (Å²) in [4.78, 5) is 4.84. The number of para-hydroxylation sites is 1. The van der Waals surface area contributed by atoms with E-state index in [2.05, 4.69) is 95.7 Å². The van der Waals surface area contributed by atoms with Crippen LogP contribution in [-0.2, 0) is 13.1 Å². The van der Waals surface area contributed by atoms with Gasteiger partial charge in [0.25, 0.3) is 0 Å². The van der Waals surface area contributed by atoms with Crippen LogP contribution >= 0.6 is 0 Å². The molecule has 0 unspecified atom stereocenters. The average molecular weight is 324 g/mol. The van der Waals surface area contributed by atoms with E-state index in [-0.39, 0.29) is 0 Å². The van der Waals surface area contributed by atoms with Gasteiger partial charge in [-0.15, -0.1) is 0 Å². The molecule has 1 aromatic heterocycles. The van der Waals surface area contributed by atoms with Crippen LogP contribution in [0.15, 0.2) is 102 Å². The number of fused-ring (bicyclic) bond motifs is 1. The lowest BCUT2D eigenvalue weighted by atomic mass is 10.1. The fourth-order valence-corrected chi connectivity index (χ4v) is 3.09. The van der Waals surface area contributed by atoms with E-state index in [1.54, 1.807) is 0 Å². The van der Waals surface area contributed by atoms with Crippen molar-refractivity contribution in [3.63, 3.8) is 0 Å². The quantitative estimate of drug-likeness (QED) is 0.513. The van der Waals surface area contributed by atoms with Gasteiger partial charge in [-0.3, -0.25) is 4.99 Å². The van der Waals surface area contributed by atoms with Crippen molar-refractivity contribution in [2.75, 3.05) is 0 Å². The Balaban J connectivity index is 1.74. The second kappa shape index (κ2) is 7.18. The molecule has 0 N–H and O–H groups in total. The summed E-state index contributed by atoms with van der Waals surface area (Å²) in [5.74, 6) is 0. The first-order chi connectivity index (χ1) is 12.4. The van der Waals surface area contributed by atoms with Gasteiger partial charge >= 0.3 is 0 Å². The number of pyridine rings is 1. The van der Waals surface area contributed by atoms with Gasteiger partial charge < -0.3 is 4.57 Å². The van der Waals surface area contributed by atoms with Crippen molar-refractivity contribution in [3.8, 4) is 0 Å². The lowest BCUT2D eigenvalue weighted by molar-refractivity contribution is 0.823. The van der Waals surface area contributed by atoms with Crippen molar-refractivity contribution < 1.29 is 0 Å². The average Bonchev–Trinajstić information content (AvgIpc) is 2.69. The van der Waals surface area contributed by atoms with Crippen LogP contribution < -0.4 is 5.36 Å². The molecule has 0 radical (unpaired) electrons. The predicted octanol–water partition coefficient (Wildman–Crippen LogP) is 4.79. The van der Waals surface area contributed by atoms with E-state index in [0.717, 1.165) is 11.9 Å². The van der Waals surface area contributed by atoms with Gasteiger partial charge in [-0.1, -0.05) is 78.9 Å². The summed E-state index contributed by atoms with van der Waals surface area (Å²) in [5, 5.41) is 2.24. The Morgan fingerprint density at radius 1 is 0.640 bits per heavy atom. The van der Waals surface area contributed by atoms with Crippen molar-refractivity contribution in [3.05, 3.63) is 114 Å². The van der Waals surface area contributed by atoms with Gasteiger partial charge in [-0.25, -0.2) is 0 Å². The molecule has 4 aromatic rings. The molecule has 3 aromatic carbocycles. The zero-order valence-electron chi connectivity index (χ0n) is 14.0. The fourth-order valence-electron chi connectivity index (χ4n) is 3.09. The fraction of sp³-hybridized carbons (Fsp3) is 0.0870. The third-order valence-electron chi connectivity index (χ3n) is 4.37. The van der Waals surface area contributed by atoms with Crippen LogP contribution in [0.3, 0.4) is 0 Å². The van der Waals surface area contributed by atoms with Gasteiger partial charge in [0, 0.05) is 18.1 Å².